The molecule has 1 rings (SSSR count). The SMILES string of the molecule is C=CCCCCCCCC(NC)C1CC1. The zero-order valence-corrected chi connectivity index (χ0v) is 10.3. The third-order valence-electron chi connectivity index (χ3n) is 3.49. The Labute approximate surface area is 95.3 Å². The third kappa shape index (κ3) is 5.99. The van der Waals surface area contributed by atoms with E-state index in [1.807, 2.05) is 6.08 Å². The molecular formula is C14H27N. The quantitative estimate of drug-likeness (QED) is 0.425. The number of hydrogen-bond acceptors (Lipinski definition) is 1. The first kappa shape index (κ1) is 12.8. The predicted molar refractivity (Wildman–Crippen MR) is 68.1 cm³/mol. The van der Waals surface area contributed by atoms with Crippen molar-refractivity contribution in [3.05, 3.63) is 12.7 Å². The molecule has 1 saturated carbocycles. The standard InChI is InChI=1S/C14H27N/c1-3-4-5-6-7-8-9-10-14(15-2)13-11-12-13/h3,13-15H,1,4-12H2,2H3. The van der Waals surface area contributed by atoms with Gasteiger partial charge in [-0.2, -0.15) is 0 Å². The number of unbranched alkanes of at least 4 members (excludes halogenated alkanes) is 5. The maximum Gasteiger partial charge on any atom is 0.00923 e. The first-order valence-corrected chi connectivity index (χ1v) is 6.66. The van der Waals surface area contributed by atoms with Gasteiger partial charge in [-0.25, -0.2) is 0 Å². The molecule has 0 bridgehead atoms. The maximum atomic E-state index is 3.75. The summed E-state index contributed by atoms with van der Waals surface area (Å²) in [4.78, 5) is 0. The van der Waals surface area contributed by atoms with Gasteiger partial charge in [0.1, 0.15) is 0 Å². The summed E-state index contributed by atoms with van der Waals surface area (Å²) < 4.78 is 0. The van der Waals surface area contributed by atoms with E-state index < -0.39 is 0 Å². The molecule has 1 nitrogen and oxygen atoms in total. The molecule has 0 radical (unpaired) electrons. The molecular weight excluding hydrogens is 182 g/mol. The monoisotopic (exact) mass is 209 g/mol. The van der Waals surface area contributed by atoms with E-state index in [9.17, 15) is 0 Å². The predicted octanol–water partition coefficient (Wildman–Crippen LogP) is 3.90. The summed E-state index contributed by atoms with van der Waals surface area (Å²) >= 11 is 0. The smallest absolute Gasteiger partial charge is 0.00923 e. The molecule has 0 amide bonds. The van der Waals surface area contributed by atoms with Crippen molar-refractivity contribution in [3.8, 4) is 0 Å². The van der Waals surface area contributed by atoms with Crippen molar-refractivity contribution in [2.75, 3.05) is 7.05 Å². The zero-order valence-electron chi connectivity index (χ0n) is 10.3. The van der Waals surface area contributed by atoms with Crippen molar-refractivity contribution >= 4 is 0 Å². The van der Waals surface area contributed by atoms with Crippen LogP contribution in [-0.4, -0.2) is 13.1 Å². The molecule has 1 N–H and O–H groups in total. The van der Waals surface area contributed by atoms with Crippen LogP contribution in [0, 0.1) is 5.92 Å². The van der Waals surface area contributed by atoms with Gasteiger partial charge in [0.2, 0.25) is 0 Å². The summed E-state index contributed by atoms with van der Waals surface area (Å²) in [5, 5.41) is 3.46. The second-order valence-corrected chi connectivity index (χ2v) is 4.87. The highest BCUT2D eigenvalue weighted by molar-refractivity contribution is 4.85. The van der Waals surface area contributed by atoms with Gasteiger partial charge in [-0.1, -0.05) is 31.8 Å². The van der Waals surface area contributed by atoms with Gasteiger partial charge in [0.15, 0.2) is 0 Å². The van der Waals surface area contributed by atoms with Gasteiger partial charge in [0.05, 0.1) is 0 Å². The Hall–Kier alpha value is -0.300. The van der Waals surface area contributed by atoms with E-state index in [2.05, 4.69) is 18.9 Å². The lowest BCUT2D eigenvalue weighted by Crippen LogP contribution is -2.27. The number of nitrogens with one attached hydrogen (secondary N) is 1. The van der Waals surface area contributed by atoms with Crippen molar-refractivity contribution in [3.63, 3.8) is 0 Å². The van der Waals surface area contributed by atoms with E-state index in [0.717, 1.165) is 12.0 Å². The molecule has 1 aliphatic carbocycles. The average Bonchev–Trinajstić information content (AvgIpc) is 3.06. The molecule has 0 spiro atoms. The fourth-order valence-electron chi connectivity index (χ4n) is 2.30. The average molecular weight is 209 g/mol. The lowest BCUT2D eigenvalue weighted by Gasteiger charge is -2.14. The van der Waals surface area contributed by atoms with E-state index in [1.165, 1.54) is 57.8 Å². The fourth-order valence-corrected chi connectivity index (χ4v) is 2.30. The van der Waals surface area contributed by atoms with Crippen LogP contribution in [0.15, 0.2) is 12.7 Å². The van der Waals surface area contributed by atoms with Gasteiger partial charge < -0.3 is 5.32 Å². The molecule has 0 saturated heterocycles. The minimum atomic E-state index is 0.818. The summed E-state index contributed by atoms with van der Waals surface area (Å²) in [5.41, 5.74) is 0. The Morgan fingerprint density at radius 2 is 1.87 bits per heavy atom. The number of rotatable bonds is 10. The molecule has 1 fully saturated rings. The summed E-state index contributed by atoms with van der Waals surface area (Å²) in [5.74, 6) is 1.01. The van der Waals surface area contributed by atoms with Crippen LogP contribution in [0.3, 0.4) is 0 Å². The van der Waals surface area contributed by atoms with Crippen molar-refractivity contribution < 1.29 is 0 Å². The molecule has 15 heavy (non-hydrogen) atoms. The lowest BCUT2D eigenvalue weighted by atomic mass is 10.0. The van der Waals surface area contributed by atoms with Crippen molar-refractivity contribution in [1.29, 1.82) is 0 Å². The van der Waals surface area contributed by atoms with Crippen LogP contribution in [0.1, 0.15) is 57.8 Å². The van der Waals surface area contributed by atoms with E-state index in [1.54, 1.807) is 0 Å². The van der Waals surface area contributed by atoms with E-state index in [0.29, 0.717) is 0 Å². The second kappa shape index (κ2) is 7.92. The number of hydrogen-bond donors (Lipinski definition) is 1. The Balaban J connectivity index is 1.84. The number of allylic oxidation sites excluding steroid dienone is 1. The molecule has 0 heterocycles. The van der Waals surface area contributed by atoms with E-state index in [4.69, 9.17) is 0 Å². The molecule has 1 unspecified atom stereocenters. The highest BCUT2D eigenvalue weighted by Crippen LogP contribution is 2.34. The van der Waals surface area contributed by atoms with Gasteiger partial charge >= 0.3 is 0 Å². The molecule has 1 aliphatic rings. The van der Waals surface area contributed by atoms with Gasteiger partial charge in [0, 0.05) is 6.04 Å². The van der Waals surface area contributed by atoms with Crippen LogP contribution >= 0.6 is 0 Å². The molecule has 1 atom stereocenters. The van der Waals surface area contributed by atoms with E-state index >= 15 is 0 Å². The normalized spacial score (nSPS) is 17.7. The molecule has 0 aromatic rings. The molecule has 0 aromatic carbocycles. The molecule has 1 heteroatoms. The summed E-state index contributed by atoms with van der Waals surface area (Å²) in [6, 6.07) is 0.818. The van der Waals surface area contributed by atoms with Gasteiger partial charge in [-0.3, -0.25) is 0 Å². The van der Waals surface area contributed by atoms with Crippen LogP contribution in [-0.2, 0) is 0 Å². The lowest BCUT2D eigenvalue weighted by molar-refractivity contribution is 0.442. The van der Waals surface area contributed by atoms with E-state index in [-0.39, 0.29) is 0 Å². The minimum absolute atomic E-state index is 0.818. The Morgan fingerprint density at radius 1 is 1.20 bits per heavy atom. The Kier molecular flexibility index (Phi) is 6.74. The summed E-state index contributed by atoms with van der Waals surface area (Å²) in [6.45, 7) is 3.75. The highest BCUT2D eigenvalue weighted by atomic mass is 14.9. The van der Waals surface area contributed by atoms with Gasteiger partial charge in [-0.15, -0.1) is 6.58 Å². The van der Waals surface area contributed by atoms with Gasteiger partial charge in [-0.05, 0) is 45.1 Å². The van der Waals surface area contributed by atoms with Crippen LogP contribution in [0.5, 0.6) is 0 Å². The highest BCUT2D eigenvalue weighted by Gasteiger charge is 2.29. The zero-order chi connectivity index (χ0) is 10.9. The van der Waals surface area contributed by atoms with Crippen LogP contribution in [0.4, 0.5) is 0 Å². The van der Waals surface area contributed by atoms with Crippen LogP contribution in [0.2, 0.25) is 0 Å². The fraction of sp³-hybridized carbons (Fsp3) is 0.857. The molecule has 0 aromatic heterocycles. The Bertz CT molecular complexity index is 161. The largest absolute Gasteiger partial charge is 0.317 e. The van der Waals surface area contributed by atoms with Crippen molar-refractivity contribution in [2.45, 2.75) is 63.8 Å². The minimum Gasteiger partial charge on any atom is -0.317 e. The topological polar surface area (TPSA) is 12.0 Å². The molecule has 88 valence electrons. The van der Waals surface area contributed by atoms with Crippen molar-refractivity contribution in [2.24, 2.45) is 5.92 Å². The molecule has 0 aliphatic heterocycles. The first-order valence-electron chi connectivity index (χ1n) is 6.66. The first-order chi connectivity index (χ1) is 7.38. The summed E-state index contributed by atoms with van der Waals surface area (Å²) in [7, 11) is 2.12. The maximum absolute atomic E-state index is 3.75. The summed E-state index contributed by atoms with van der Waals surface area (Å²) in [6.07, 6.45) is 14.5. The van der Waals surface area contributed by atoms with Crippen LogP contribution < -0.4 is 5.32 Å². The van der Waals surface area contributed by atoms with Crippen molar-refractivity contribution in [1.82, 2.24) is 5.32 Å². The van der Waals surface area contributed by atoms with Crippen LogP contribution in [0.25, 0.3) is 0 Å². The second-order valence-electron chi connectivity index (χ2n) is 4.87. The Morgan fingerprint density at radius 3 is 2.47 bits per heavy atom. The van der Waals surface area contributed by atoms with Gasteiger partial charge in [0.25, 0.3) is 0 Å². The third-order valence-corrected chi connectivity index (χ3v) is 3.49.